The van der Waals surface area contributed by atoms with Crippen molar-refractivity contribution in [3.8, 4) is 0 Å². The highest BCUT2D eigenvalue weighted by Crippen LogP contribution is 2.19. The van der Waals surface area contributed by atoms with Crippen LogP contribution in [0, 0.1) is 0 Å². The Labute approximate surface area is 107 Å². The number of rotatable bonds is 2. The molecule has 0 saturated carbocycles. The molecule has 1 aromatic carbocycles. The average molecular weight is 295 g/mol. The summed E-state index contributed by atoms with van der Waals surface area (Å²) >= 11 is 3.39. The Morgan fingerprint density at radius 2 is 2.18 bits per heavy atom. The number of nitrogens with zero attached hydrogens (tertiary/aromatic N) is 2. The van der Waals surface area contributed by atoms with Crippen molar-refractivity contribution in [3.05, 3.63) is 40.5 Å². The molecule has 88 valence electrons. The van der Waals surface area contributed by atoms with E-state index < -0.39 is 0 Å². The lowest BCUT2D eigenvalue weighted by Crippen LogP contribution is -2.25. The number of amides is 1. The fourth-order valence-corrected chi connectivity index (χ4v) is 1.86. The number of carbonyl (C=O) groups excluding carboxylic acids is 1. The standard InChI is InChI=1S/C12H11BrN2O2/c1-15(17-2)12(16)9-5-8-6-10(13)3-4-11(8)14-7-9/h3-7H,1-2H3. The third-order valence-corrected chi connectivity index (χ3v) is 2.94. The monoisotopic (exact) mass is 294 g/mol. The van der Waals surface area contributed by atoms with Gasteiger partial charge in [0.1, 0.15) is 0 Å². The maximum absolute atomic E-state index is 11.9. The van der Waals surface area contributed by atoms with Gasteiger partial charge in [-0.3, -0.25) is 14.6 Å². The molecule has 0 radical (unpaired) electrons. The lowest BCUT2D eigenvalue weighted by molar-refractivity contribution is -0.0757. The molecule has 2 rings (SSSR count). The zero-order valence-corrected chi connectivity index (χ0v) is 11.1. The van der Waals surface area contributed by atoms with E-state index in [0.29, 0.717) is 5.56 Å². The van der Waals surface area contributed by atoms with Crippen molar-refractivity contribution < 1.29 is 9.63 Å². The molecule has 5 heteroatoms. The summed E-state index contributed by atoms with van der Waals surface area (Å²) in [4.78, 5) is 20.9. The van der Waals surface area contributed by atoms with Gasteiger partial charge in [0.15, 0.2) is 0 Å². The summed E-state index contributed by atoms with van der Waals surface area (Å²) in [6.07, 6.45) is 1.55. The number of pyridine rings is 1. The van der Waals surface area contributed by atoms with Crippen LogP contribution < -0.4 is 0 Å². The number of halogens is 1. The van der Waals surface area contributed by atoms with E-state index in [0.717, 1.165) is 15.4 Å². The summed E-state index contributed by atoms with van der Waals surface area (Å²) < 4.78 is 0.955. The minimum Gasteiger partial charge on any atom is -0.274 e. The van der Waals surface area contributed by atoms with E-state index in [1.54, 1.807) is 19.3 Å². The van der Waals surface area contributed by atoms with Crippen molar-refractivity contribution in [1.29, 1.82) is 0 Å². The van der Waals surface area contributed by atoms with Gasteiger partial charge in [-0.15, -0.1) is 0 Å². The van der Waals surface area contributed by atoms with Crippen LogP contribution >= 0.6 is 15.9 Å². The zero-order valence-electron chi connectivity index (χ0n) is 9.48. The molecule has 0 bridgehead atoms. The van der Waals surface area contributed by atoms with Crippen LogP contribution in [0.15, 0.2) is 34.9 Å². The molecule has 0 aliphatic heterocycles. The van der Waals surface area contributed by atoms with Gasteiger partial charge in [0.05, 0.1) is 18.2 Å². The topological polar surface area (TPSA) is 42.4 Å². The van der Waals surface area contributed by atoms with Crippen LogP contribution in [-0.4, -0.2) is 30.1 Å². The molecule has 1 heterocycles. The molecule has 17 heavy (non-hydrogen) atoms. The second-order valence-electron chi connectivity index (χ2n) is 3.55. The second kappa shape index (κ2) is 4.81. The summed E-state index contributed by atoms with van der Waals surface area (Å²) in [6, 6.07) is 7.53. The number of hydrogen-bond acceptors (Lipinski definition) is 3. The van der Waals surface area contributed by atoms with Gasteiger partial charge in [-0.25, -0.2) is 5.06 Å². The van der Waals surface area contributed by atoms with Gasteiger partial charge in [-0.1, -0.05) is 15.9 Å². The van der Waals surface area contributed by atoms with Gasteiger partial charge in [-0.2, -0.15) is 0 Å². The van der Waals surface area contributed by atoms with Crippen molar-refractivity contribution in [2.45, 2.75) is 0 Å². The van der Waals surface area contributed by atoms with Crippen molar-refractivity contribution in [2.75, 3.05) is 14.2 Å². The van der Waals surface area contributed by atoms with Crippen LogP contribution in [0.4, 0.5) is 0 Å². The third kappa shape index (κ3) is 2.45. The summed E-state index contributed by atoms with van der Waals surface area (Å²) in [5.41, 5.74) is 1.35. The number of fused-ring (bicyclic) bond motifs is 1. The molecule has 0 unspecified atom stereocenters. The van der Waals surface area contributed by atoms with Crippen LogP contribution in [-0.2, 0) is 4.84 Å². The Hall–Kier alpha value is -1.46. The van der Waals surface area contributed by atoms with Crippen molar-refractivity contribution in [1.82, 2.24) is 10.0 Å². The van der Waals surface area contributed by atoms with E-state index >= 15 is 0 Å². The summed E-state index contributed by atoms with van der Waals surface area (Å²) in [6.45, 7) is 0. The number of carbonyl (C=O) groups is 1. The first-order chi connectivity index (χ1) is 8.11. The first kappa shape index (κ1) is 12.0. The van der Waals surface area contributed by atoms with Gasteiger partial charge in [-0.05, 0) is 24.3 Å². The van der Waals surface area contributed by atoms with Crippen LogP contribution in [0.5, 0.6) is 0 Å². The van der Waals surface area contributed by atoms with E-state index in [2.05, 4.69) is 20.9 Å². The minimum atomic E-state index is -0.220. The Morgan fingerprint density at radius 1 is 1.41 bits per heavy atom. The van der Waals surface area contributed by atoms with Gasteiger partial charge in [0, 0.05) is 23.1 Å². The number of benzene rings is 1. The number of aromatic nitrogens is 1. The van der Waals surface area contributed by atoms with Gasteiger partial charge < -0.3 is 0 Å². The number of hydroxylamine groups is 2. The third-order valence-electron chi connectivity index (χ3n) is 2.45. The van der Waals surface area contributed by atoms with E-state index in [1.165, 1.54) is 12.2 Å². The van der Waals surface area contributed by atoms with Crippen LogP contribution in [0.2, 0.25) is 0 Å². The molecule has 0 fully saturated rings. The van der Waals surface area contributed by atoms with Gasteiger partial charge >= 0.3 is 0 Å². The van der Waals surface area contributed by atoms with Gasteiger partial charge in [0.25, 0.3) is 5.91 Å². The Kier molecular flexibility index (Phi) is 3.40. The van der Waals surface area contributed by atoms with E-state index in [1.807, 2.05) is 18.2 Å². The SMILES string of the molecule is CON(C)C(=O)c1cnc2ccc(Br)cc2c1. The van der Waals surface area contributed by atoms with E-state index in [-0.39, 0.29) is 5.91 Å². The fraction of sp³-hybridized carbons (Fsp3) is 0.167. The predicted octanol–water partition coefficient (Wildman–Crippen LogP) is 2.63. The van der Waals surface area contributed by atoms with Crippen molar-refractivity contribution in [2.24, 2.45) is 0 Å². The van der Waals surface area contributed by atoms with Crippen LogP contribution in [0.25, 0.3) is 10.9 Å². The quantitative estimate of drug-likeness (QED) is 0.800. The van der Waals surface area contributed by atoms with Crippen molar-refractivity contribution in [3.63, 3.8) is 0 Å². The molecule has 4 nitrogen and oxygen atoms in total. The van der Waals surface area contributed by atoms with E-state index in [4.69, 9.17) is 4.84 Å². The van der Waals surface area contributed by atoms with Gasteiger partial charge in [0.2, 0.25) is 0 Å². The van der Waals surface area contributed by atoms with Crippen LogP contribution in [0.1, 0.15) is 10.4 Å². The Morgan fingerprint density at radius 3 is 2.88 bits per heavy atom. The molecule has 0 atom stereocenters. The molecule has 2 aromatic rings. The molecule has 0 N–H and O–H groups in total. The molecular weight excluding hydrogens is 284 g/mol. The van der Waals surface area contributed by atoms with E-state index in [9.17, 15) is 4.79 Å². The highest BCUT2D eigenvalue weighted by atomic mass is 79.9. The Bertz CT molecular complexity index is 571. The second-order valence-corrected chi connectivity index (χ2v) is 4.46. The molecule has 1 aromatic heterocycles. The highest BCUT2D eigenvalue weighted by Gasteiger charge is 2.12. The minimum absolute atomic E-state index is 0.220. The molecule has 1 amide bonds. The number of hydrogen-bond donors (Lipinski definition) is 0. The lowest BCUT2D eigenvalue weighted by Gasteiger charge is -2.13. The molecule has 0 aliphatic rings. The molecular formula is C12H11BrN2O2. The lowest BCUT2D eigenvalue weighted by atomic mass is 10.1. The van der Waals surface area contributed by atoms with Crippen LogP contribution in [0.3, 0.4) is 0 Å². The smallest absolute Gasteiger partial charge is 0.274 e. The molecule has 0 saturated heterocycles. The summed E-state index contributed by atoms with van der Waals surface area (Å²) in [5, 5.41) is 2.08. The highest BCUT2D eigenvalue weighted by molar-refractivity contribution is 9.10. The average Bonchev–Trinajstić information content (AvgIpc) is 2.36. The molecule has 0 spiro atoms. The predicted molar refractivity (Wildman–Crippen MR) is 68.5 cm³/mol. The first-order valence-corrected chi connectivity index (χ1v) is 5.78. The summed E-state index contributed by atoms with van der Waals surface area (Å²) in [7, 11) is 3.01. The maximum atomic E-state index is 11.9. The maximum Gasteiger partial charge on any atom is 0.278 e. The summed E-state index contributed by atoms with van der Waals surface area (Å²) in [5.74, 6) is -0.220. The largest absolute Gasteiger partial charge is 0.278 e. The normalized spacial score (nSPS) is 10.5. The Balaban J connectivity index is 2.47. The zero-order chi connectivity index (χ0) is 12.4. The molecule has 0 aliphatic carbocycles. The fourth-order valence-electron chi connectivity index (χ4n) is 1.48. The first-order valence-electron chi connectivity index (χ1n) is 4.99. The van der Waals surface area contributed by atoms with Crippen molar-refractivity contribution >= 4 is 32.7 Å².